The van der Waals surface area contributed by atoms with Gasteiger partial charge in [0.2, 0.25) is 0 Å². The Morgan fingerprint density at radius 3 is 3.04 bits per heavy atom. The van der Waals surface area contributed by atoms with Crippen LogP contribution in [-0.2, 0) is 11.3 Å². The van der Waals surface area contributed by atoms with Crippen molar-refractivity contribution in [1.82, 2.24) is 15.2 Å². The molecule has 2 saturated heterocycles. The highest BCUT2D eigenvalue weighted by atomic mass is 32.1. The molecule has 2 aromatic rings. The Balaban J connectivity index is 1.48. The fourth-order valence-corrected chi connectivity index (χ4v) is 5.00. The van der Waals surface area contributed by atoms with Crippen LogP contribution in [0.15, 0.2) is 35.7 Å². The van der Waals surface area contributed by atoms with Gasteiger partial charge in [-0.2, -0.15) is 0 Å². The van der Waals surface area contributed by atoms with Gasteiger partial charge in [0.1, 0.15) is 5.01 Å². The Bertz CT molecular complexity index is 748. The van der Waals surface area contributed by atoms with Crippen molar-refractivity contribution in [2.45, 2.75) is 31.8 Å². The zero-order valence-corrected chi connectivity index (χ0v) is 15.0. The van der Waals surface area contributed by atoms with Crippen molar-refractivity contribution in [3.8, 4) is 10.6 Å². The van der Waals surface area contributed by atoms with Crippen LogP contribution in [0.1, 0.15) is 25.0 Å². The van der Waals surface area contributed by atoms with Gasteiger partial charge in [-0.15, -0.1) is 11.3 Å². The van der Waals surface area contributed by atoms with Gasteiger partial charge in [-0.1, -0.05) is 30.3 Å². The van der Waals surface area contributed by atoms with Gasteiger partial charge >= 0.3 is 5.97 Å². The van der Waals surface area contributed by atoms with Crippen LogP contribution in [0, 0.1) is 5.41 Å². The maximum atomic E-state index is 12.0. The van der Waals surface area contributed by atoms with E-state index in [0.29, 0.717) is 6.54 Å². The molecule has 0 amide bonds. The number of hydrogen-bond acceptors (Lipinski definition) is 5. The van der Waals surface area contributed by atoms with Crippen LogP contribution in [0.3, 0.4) is 0 Å². The molecule has 4 rings (SSSR count). The van der Waals surface area contributed by atoms with Crippen molar-refractivity contribution >= 4 is 17.3 Å². The molecular weight excluding hydrogens is 334 g/mol. The molecule has 0 unspecified atom stereocenters. The number of rotatable bonds is 4. The number of carboxylic acid groups (broad SMARTS) is 1. The van der Waals surface area contributed by atoms with E-state index in [0.717, 1.165) is 55.2 Å². The van der Waals surface area contributed by atoms with Crippen molar-refractivity contribution in [3.63, 3.8) is 0 Å². The van der Waals surface area contributed by atoms with Crippen LogP contribution in [0.5, 0.6) is 0 Å². The Morgan fingerprint density at radius 1 is 1.40 bits per heavy atom. The molecule has 2 N–H and O–H groups in total. The summed E-state index contributed by atoms with van der Waals surface area (Å²) in [5, 5.41) is 16.4. The van der Waals surface area contributed by atoms with Crippen LogP contribution >= 0.6 is 11.3 Å². The fraction of sp³-hybridized carbons (Fsp3) is 0.474. The number of thiazole rings is 1. The van der Waals surface area contributed by atoms with Crippen molar-refractivity contribution in [3.05, 3.63) is 41.4 Å². The van der Waals surface area contributed by atoms with E-state index in [2.05, 4.69) is 27.7 Å². The molecule has 2 fully saturated rings. The number of carboxylic acids is 1. The van der Waals surface area contributed by atoms with Crippen molar-refractivity contribution in [2.24, 2.45) is 5.41 Å². The molecule has 1 aromatic carbocycles. The molecule has 0 spiro atoms. The molecule has 1 aromatic heterocycles. The predicted molar refractivity (Wildman–Crippen MR) is 98.5 cm³/mol. The van der Waals surface area contributed by atoms with E-state index in [1.54, 1.807) is 11.3 Å². The first kappa shape index (κ1) is 16.7. The largest absolute Gasteiger partial charge is 0.481 e. The van der Waals surface area contributed by atoms with E-state index in [4.69, 9.17) is 4.98 Å². The smallest absolute Gasteiger partial charge is 0.312 e. The molecule has 0 radical (unpaired) electrons. The molecule has 0 bridgehead atoms. The highest BCUT2D eigenvalue weighted by Crippen LogP contribution is 2.38. The van der Waals surface area contributed by atoms with Crippen LogP contribution in [-0.4, -0.2) is 46.6 Å². The van der Waals surface area contributed by atoms with E-state index in [9.17, 15) is 9.90 Å². The Hall–Kier alpha value is -1.76. The number of carbonyl (C=O) groups is 1. The van der Waals surface area contributed by atoms with E-state index in [-0.39, 0.29) is 6.04 Å². The summed E-state index contributed by atoms with van der Waals surface area (Å²) in [5.74, 6) is -0.655. The number of benzene rings is 1. The third kappa shape index (κ3) is 3.21. The molecule has 0 saturated carbocycles. The first-order valence-electron chi connectivity index (χ1n) is 8.86. The predicted octanol–water partition coefficient (Wildman–Crippen LogP) is 2.84. The minimum absolute atomic E-state index is 0.102. The summed E-state index contributed by atoms with van der Waals surface area (Å²) >= 11 is 1.65. The maximum absolute atomic E-state index is 12.0. The lowest BCUT2D eigenvalue weighted by atomic mass is 9.70. The summed E-state index contributed by atoms with van der Waals surface area (Å²) in [6.07, 6.45) is 2.59. The Kier molecular flexibility index (Phi) is 4.58. The normalized spacial score (nSPS) is 27.0. The molecule has 2 aliphatic heterocycles. The highest BCUT2D eigenvalue weighted by Gasteiger charge is 2.50. The Morgan fingerprint density at radius 2 is 2.24 bits per heavy atom. The standard InChI is InChI=1S/C19H23N3O2S/c23-18(24)19-8-4-9-20-16(19)7-10-22(13-19)11-15-12-25-17(21-15)14-5-2-1-3-6-14/h1-3,5-6,12,16,20H,4,7-11,13H2,(H,23,24)/t16-,19+/m1/s1. The van der Waals surface area contributed by atoms with Gasteiger partial charge in [0.05, 0.1) is 11.1 Å². The zero-order chi connectivity index (χ0) is 17.3. The highest BCUT2D eigenvalue weighted by molar-refractivity contribution is 7.13. The summed E-state index contributed by atoms with van der Waals surface area (Å²) in [5.41, 5.74) is 1.52. The summed E-state index contributed by atoms with van der Waals surface area (Å²) in [6, 6.07) is 10.3. The third-order valence-electron chi connectivity index (χ3n) is 5.48. The summed E-state index contributed by atoms with van der Waals surface area (Å²) < 4.78 is 0. The number of nitrogens with zero attached hydrogens (tertiary/aromatic N) is 2. The summed E-state index contributed by atoms with van der Waals surface area (Å²) in [6.45, 7) is 3.19. The SMILES string of the molecule is O=C(O)[C@]12CCCN[C@@H]1CCN(Cc1csc(-c3ccccc3)n1)C2. The second kappa shape index (κ2) is 6.86. The van der Waals surface area contributed by atoms with Gasteiger partial charge in [-0.25, -0.2) is 4.98 Å². The van der Waals surface area contributed by atoms with Crippen LogP contribution in [0.4, 0.5) is 0 Å². The van der Waals surface area contributed by atoms with E-state index in [1.807, 2.05) is 18.2 Å². The third-order valence-corrected chi connectivity index (χ3v) is 6.42. The lowest BCUT2D eigenvalue weighted by Crippen LogP contribution is -2.62. The summed E-state index contributed by atoms with van der Waals surface area (Å²) in [7, 11) is 0. The molecular formula is C19H23N3O2S. The van der Waals surface area contributed by atoms with Crippen LogP contribution in [0.2, 0.25) is 0 Å². The Labute approximate surface area is 151 Å². The minimum atomic E-state index is -0.655. The number of aromatic nitrogens is 1. The quantitative estimate of drug-likeness (QED) is 0.881. The van der Waals surface area contributed by atoms with Gasteiger partial charge in [0.25, 0.3) is 0 Å². The van der Waals surface area contributed by atoms with E-state index < -0.39 is 11.4 Å². The molecule has 25 heavy (non-hydrogen) atoms. The molecule has 2 atom stereocenters. The van der Waals surface area contributed by atoms with Crippen molar-refractivity contribution in [2.75, 3.05) is 19.6 Å². The fourth-order valence-electron chi connectivity index (χ4n) is 4.19. The van der Waals surface area contributed by atoms with Gasteiger partial charge < -0.3 is 10.4 Å². The molecule has 0 aliphatic carbocycles. The molecule has 6 heteroatoms. The summed E-state index contributed by atoms with van der Waals surface area (Å²) in [4.78, 5) is 19.0. The first-order chi connectivity index (χ1) is 12.2. The lowest BCUT2D eigenvalue weighted by Gasteiger charge is -2.48. The zero-order valence-electron chi connectivity index (χ0n) is 14.1. The average molecular weight is 357 g/mol. The van der Waals surface area contributed by atoms with Gasteiger partial charge in [-0.3, -0.25) is 9.69 Å². The molecule has 5 nitrogen and oxygen atoms in total. The number of aliphatic carboxylic acids is 1. The second-order valence-corrected chi connectivity index (χ2v) is 7.94. The monoisotopic (exact) mass is 357 g/mol. The number of hydrogen-bond donors (Lipinski definition) is 2. The molecule has 3 heterocycles. The van der Waals surface area contributed by atoms with Crippen molar-refractivity contribution < 1.29 is 9.90 Å². The number of likely N-dealkylation sites (tertiary alicyclic amines) is 1. The number of nitrogens with one attached hydrogen (secondary N) is 1. The average Bonchev–Trinajstić information content (AvgIpc) is 3.10. The van der Waals surface area contributed by atoms with Crippen LogP contribution < -0.4 is 5.32 Å². The van der Waals surface area contributed by atoms with Gasteiger partial charge in [-0.05, 0) is 25.8 Å². The maximum Gasteiger partial charge on any atom is 0.312 e. The number of piperidine rings is 2. The lowest BCUT2D eigenvalue weighted by molar-refractivity contribution is -0.157. The topological polar surface area (TPSA) is 65.5 Å². The van der Waals surface area contributed by atoms with E-state index in [1.165, 1.54) is 0 Å². The van der Waals surface area contributed by atoms with E-state index >= 15 is 0 Å². The minimum Gasteiger partial charge on any atom is -0.481 e. The second-order valence-electron chi connectivity index (χ2n) is 7.08. The first-order valence-corrected chi connectivity index (χ1v) is 9.74. The molecule has 2 aliphatic rings. The van der Waals surface area contributed by atoms with Gasteiger partial charge in [0.15, 0.2) is 0 Å². The van der Waals surface area contributed by atoms with Crippen LogP contribution in [0.25, 0.3) is 10.6 Å². The van der Waals surface area contributed by atoms with Gasteiger partial charge in [0, 0.05) is 36.6 Å². The number of fused-ring (bicyclic) bond motifs is 1. The van der Waals surface area contributed by atoms with Crippen molar-refractivity contribution in [1.29, 1.82) is 0 Å². The molecule has 132 valence electrons.